The van der Waals surface area contributed by atoms with Gasteiger partial charge in [-0.2, -0.15) is 0 Å². The van der Waals surface area contributed by atoms with E-state index in [1.165, 1.54) is 10.8 Å². The zero-order valence-electron chi connectivity index (χ0n) is 7.34. The van der Waals surface area contributed by atoms with Gasteiger partial charge in [0.05, 0.1) is 6.26 Å². The maximum atomic E-state index is 11.7. The molecule has 72 valence electrons. The Bertz CT molecular complexity index is 461. The second kappa shape index (κ2) is 3.30. The molecule has 0 saturated carbocycles. The van der Waals surface area contributed by atoms with Crippen LogP contribution in [0.2, 0.25) is 0 Å². The monoisotopic (exact) mass is 209 g/mol. The predicted octanol–water partition coefficient (Wildman–Crippen LogP) is 0.928. The second-order valence-corrected chi connectivity index (χ2v) is 3.09. The normalized spacial score (nSPS) is 10.4. The van der Waals surface area contributed by atoms with E-state index in [2.05, 4.69) is 22.8 Å². The molecule has 2 heterocycles. The minimum absolute atomic E-state index is 0.213. The average Bonchev–Trinajstić information content (AvgIpc) is 2.77. The SMILES string of the molecule is Cn1c(S)nnc1C(=O)c1ccco1. The van der Waals surface area contributed by atoms with Crippen molar-refractivity contribution in [1.29, 1.82) is 0 Å². The number of furan rings is 1. The van der Waals surface area contributed by atoms with E-state index in [0.29, 0.717) is 5.16 Å². The third kappa shape index (κ3) is 1.33. The van der Waals surface area contributed by atoms with Crippen molar-refractivity contribution in [2.45, 2.75) is 5.16 Å². The van der Waals surface area contributed by atoms with Crippen LogP contribution in [-0.2, 0) is 7.05 Å². The molecule has 0 N–H and O–H groups in total. The topological polar surface area (TPSA) is 60.9 Å². The van der Waals surface area contributed by atoms with Gasteiger partial charge in [-0.1, -0.05) is 0 Å². The van der Waals surface area contributed by atoms with Gasteiger partial charge in [0.25, 0.3) is 5.78 Å². The van der Waals surface area contributed by atoms with Crippen LogP contribution >= 0.6 is 12.6 Å². The fourth-order valence-corrected chi connectivity index (χ4v) is 1.18. The fourth-order valence-electron chi connectivity index (χ4n) is 1.04. The molecule has 5 nitrogen and oxygen atoms in total. The molecule has 0 unspecified atom stereocenters. The molecule has 14 heavy (non-hydrogen) atoms. The molecular formula is C8H7N3O2S. The van der Waals surface area contributed by atoms with Crippen LogP contribution in [0.25, 0.3) is 0 Å². The quantitative estimate of drug-likeness (QED) is 0.590. The highest BCUT2D eigenvalue weighted by molar-refractivity contribution is 7.80. The summed E-state index contributed by atoms with van der Waals surface area (Å²) in [6.45, 7) is 0. The summed E-state index contributed by atoms with van der Waals surface area (Å²) < 4.78 is 6.45. The molecule has 0 bridgehead atoms. The Morgan fingerprint density at radius 2 is 2.36 bits per heavy atom. The predicted molar refractivity (Wildman–Crippen MR) is 50.4 cm³/mol. The van der Waals surface area contributed by atoms with E-state index in [0.717, 1.165) is 0 Å². The average molecular weight is 209 g/mol. The van der Waals surface area contributed by atoms with Gasteiger partial charge < -0.3 is 8.98 Å². The van der Waals surface area contributed by atoms with Crippen LogP contribution < -0.4 is 0 Å². The first kappa shape index (κ1) is 9.01. The molecule has 0 spiro atoms. The summed E-state index contributed by atoms with van der Waals surface area (Å²) >= 11 is 4.02. The Morgan fingerprint density at radius 1 is 1.57 bits per heavy atom. The zero-order valence-corrected chi connectivity index (χ0v) is 8.23. The van der Waals surface area contributed by atoms with Crippen molar-refractivity contribution in [2.75, 3.05) is 0 Å². The Labute approximate surface area is 85.2 Å². The number of hydrogen-bond acceptors (Lipinski definition) is 5. The van der Waals surface area contributed by atoms with Gasteiger partial charge in [-0.05, 0) is 12.1 Å². The summed E-state index contributed by atoms with van der Waals surface area (Å²) in [6.07, 6.45) is 1.44. The molecule has 0 amide bonds. The number of carbonyl (C=O) groups excluding carboxylic acids is 1. The lowest BCUT2D eigenvalue weighted by molar-refractivity contribution is 0.0995. The first-order valence-electron chi connectivity index (χ1n) is 3.86. The Kier molecular flexibility index (Phi) is 2.12. The number of thiol groups is 1. The van der Waals surface area contributed by atoms with Crippen LogP contribution in [0.5, 0.6) is 0 Å². The van der Waals surface area contributed by atoms with E-state index < -0.39 is 0 Å². The van der Waals surface area contributed by atoms with Gasteiger partial charge in [0.15, 0.2) is 10.9 Å². The molecule has 0 aliphatic rings. The van der Waals surface area contributed by atoms with Crippen molar-refractivity contribution in [1.82, 2.24) is 14.8 Å². The standard InChI is InChI=1S/C8H7N3O2S/c1-11-7(9-10-8(11)14)6(12)5-3-2-4-13-5/h2-4H,1H3,(H,10,14). The maximum Gasteiger partial charge on any atom is 0.265 e. The smallest absolute Gasteiger partial charge is 0.265 e. The molecule has 0 aliphatic carbocycles. The summed E-state index contributed by atoms with van der Waals surface area (Å²) in [4.78, 5) is 11.7. The van der Waals surface area contributed by atoms with E-state index >= 15 is 0 Å². The molecule has 2 rings (SSSR count). The molecule has 0 radical (unpaired) electrons. The van der Waals surface area contributed by atoms with Gasteiger partial charge in [-0.3, -0.25) is 4.79 Å². The second-order valence-electron chi connectivity index (χ2n) is 2.69. The molecule has 0 fully saturated rings. The molecule has 0 aromatic carbocycles. The van der Waals surface area contributed by atoms with E-state index in [1.807, 2.05) is 0 Å². The minimum Gasteiger partial charge on any atom is -0.461 e. The largest absolute Gasteiger partial charge is 0.461 e. The van der Waals surface area contributed by atoms with Gasteiger partial charge in [0, 0.05) is 7.05 Å². The van der Waals surface area contributed by atoms with E-state index in [9.17, 15) is 4.79 Å². The minimum atomic E-state index is -0.301. The molecule has 2 aromatic rings. The lowest BCUT2D eigenvalue weighted by Gasteiger charge is -1.96. The Morgan fingerprint density at radius 3 is 2.86 bits per heavy atom. The van der Waals surface area contributed by atoms with Crippen molar-refractivity contribution >= 4 is 18.4 Å². The summed E-state index contributed by atoms with van der Waals surface area (Å²) in [5.41, 5.74) is 0. The summed E-state index contributed by atoms with van der Waals surface area (Å²) in [5.74, 6) is 0.157. The number of hydrogen-bond donors (Lipinski definition) is 1. The number of rotatable bonds is 2. The van der Waals surface area contributed by atoms with Gasteiger partial charge in [-0.15, -0.1) is 22.8 Å². The van der Waals surface area contributed by atoms with Crippen molar-refractivity contribution in [2.24, 2.45) is 7.05 Å². The van der Waals surface area contributed by atoms with Crippen LogP contribution in [0.4, 0.5) is 0 Å². The number of nitrogens with zero attached hydrogens (tertiary/aromatic N) is 3. The highest BCUT2D eigenvalue weighted by Gasteiger charge is 2.18. The van der Waals surface area contributed by atoms with Crippen LogP contribution in [-0.4, -0.2) is 20.5 Å². The van der Waals surface area contributed by atoms with Gasteiger partial charge in [-0.25, -0.2) is 0 Å². The maximum absolute atomic E-state index is 11.7. The van der Waals surface area contributed by atoms with Crippen molar-refractivity contribution in [3.63, 3.8) is 0 Å². The molecule has 2 aromatic heterocycles. The van der Waals surface area contributed by atoms with Crippen molar-refractivity contribution in [3.8, 4) is 0 Å². The van der Waals surface area contributed by atoms with Crippen LogP contribution in [0.3, 0.4) is 0 Å². The third-order valence-electron chi connectivity index (χ3n) is 1.80. The van der Waals surface area contributed by atoms with Crippen molar-refractivity contribution in [3.05, 3.63) is 30.0 Å². The summed E-state index contributed by atoms with van der Waals surface area (Å²) in [6, 6.07) is 3.22. The van der Waals surface area contributed by atoms with Crippen LogP contribution in [0.1, 0.15) is 16.4 Å². The molecule has 6 heteroatoms. The van der Waals surface area contributed by atoms with E-state index in [4.69, 9.17) is 4.42 Å². The lowest BCUT2D eigenvalue weighted by Crippen LogP contribution is -2.08. The molecule has 0 saturated heterocycles. The summed E-state index contributed by atoms with van der Waals surface area (Å²) in [7, 11) is 1.67. The van der Waals surface area contributed by atoms with Gasteiger partial charge in [0.2, 0.25) is 5.82 Å². The Balaban J connectivity index is 2.42. The molecule has 0 aliphatic heterocycles. The van der Waals surface area contributed by atoms with E-state index in [-0.39, 0.29) is 17.4 Å². The lowest BCUT2D eigenvalue weighted by atomic mass is 10.3. The Hall–Kier alpha value is -1.56. The van der Waals surface area contributed by atoms with Crippen LogP contribution in [0, 0.1) is 0 Å². The van der Waals surface area contributed by atoms with Gasteiger partial charge in [0.1, 0.15) is 0 Å². The highest BCUT2D eigenvalue weighted by Crippen LogP contribution is 2.10. The number of ketones is 1. The first-order chi connectivity index (χ1) is 6.70. The zero-order chi connectivity index (χ0) is 10.1. The molecular weight excluding hydrogens is 202 g/mol. The summed E-state index contributed by atoms with van der Waals surface area (Å²) in [5, 5.41) is 7.75. The van der Waals surface area contributed by atoms with Crippen LogP contribution in [0.15, 0.2) is 28.0 Å². The highest BCUT2D eigenvalue weighted by atomic mass is 32.1. The van der Waals surface area contributed by atoms with E-state index in [1.54, 1.807) is 19.2 Å². The first-order valence-corrected chi connectivity index (χ1v) is 4.31. The number of carbonyl (C=O) groups is 1. The van der Waals surface area contributed by atoms with Gasteiger partial charge >= 0.3 is 0 Å². The number of aromatic nitrogens is 3. The fraction of sp³-hybridized carbons (Fsp3) is 0.125. The third-order valence-corrected chi connectivity index (χ3v) is 2.19. The molecule has 0 atom stereocenters. The van der Waals surface area contributed by atoms with Crippen molar-refractivity contribution < 1.29 is 9.21 Å².